The summed E-state index contributed by atoms with van der Waals surface area (Å²) < 4.78 is 0. The Morgan fingerprint density at radius 1 is 1.59 bits per heavy atom. The van der Waals surface area contributed by atoms with Crippen molar-refractivity contribution in [3.8, 4) is 0 Å². The first kappa shape index (κ1) is 16.9. The zero-order valence-corrected chi connectivity index (χ0v) is 13.8. The standard InChI is InChI=1S/C15H23N3O3S/c1-17(2)9-11(19)8-16-15(21)13-5-6-14(20)18(13)10-12-4-3-7-22-12/h3-4,7,11,13,19H,5-6,8-10H2,1-2H3,(H,16,21). The first-order valence-corrected chi connectivity index (χ1v) is 8.27. The molecule has 122 valence electrons. The molecule has 1 saturated heterocycles. The van der Waals surface area contributed by atoms with E-state index in [4.69, 9.17) is 0 Å². The molecule has 1 aromatic rings. The molecule has 2 unspecified atom stereocenters. The normalized spacial score (nSPS) is 19.7. The van der Waals surface area contributed by atoms with E-state index in [0.29, 0.717) is 25.9 Å². The van der Waals surface area contributed by atoms with Crippen LogP contribution < -0.4 is 5.32 Å². The molecule has 7 heteroatoms. The molecule has 0 aromatic carbocycles. The number of likely N-dealkylation sites (N-methyl/N-ethyl adjacent to an activating group) is 1. The largest absolute Gasteiger partial charge is 0.390 e. The molecule has 1 fully saturated rings. The van der Waals surface area contributed by atoms with Crippen LogP contribution in [0.4, 0.5) is 0 Å². The SMILES string of the molecule is CN(C)CC(O)CNC(=O)C1CCC(=O)N1Cc1cccs1. The van der Waals surface area contributed by atoms with Crippen molar-refractivity contribution in [1.82, 2.24) is 15.1 Å². The van der Waals surface area contributed by atoms with Gasteiger partial charge in [-0.1, -0.05) is 6.07 Å². The molecule has 2 heterocycles. The van der Waals surface area contributed by atoms with Gasteiger partial charge in [-0.2, -0.15) is 0 Å². The van der Waals surface area contributed by atoms with Gasteiger partial charge >= 0.3 is 0 Å². The second-order valence-corrected chi connectivity index (χ2v) is 6.85. The number of aliphatic hydroxyl groups is 1. The summed E-state index contributed by atoms with van der Waals surface area (Å²) in [6.07, 6.45) is 0.339. The van der Waals surface area contributed by atoms with Gasteiger partial charge in [0.05, 0.1) is 12.6 Å². The lowest BCUT2D eigenvalue weighted by atomic mass is 10.2. The van der Waals surface area contributed by atoms with E-state index >= 15 is 0 Å². The third-order valence-electron chi connectivity index (χ3n) is 3.62. The minimum absolute atomic E-state index is 0.0161. The van der Waals surface area contributed by atoms with Gasteiger partial charge in [0.15, 0.2) is 0 Å². The van der Waals surface area contributed by atoms with Gasteiger partial charge < -0.3 is 20.2 Å². The van der Waals surface area contributed by atoms with Crippen molar-refractivity contribution in [3.63, 3.8) is 0 Å². The number of rotatable bonds is 7. The van der Waals surface area contributed by atoms with E-state index in [1.54, 1.807) is 16.2 Å². The number of likely N-dealkylation sites (tertiary alicyclic amines) is 1. The number of hydrogen-bond acceptors (Lipinski definition) is 5. The Morgan fingerprint density at radius 3 is 3.00 bits per heavy atom. The summed E-state index contributed by atoms with van der Waals surface area (Å²) in [5.41, 5.74) is 0. The molecule has 0 saturated carbocycles. The fraction of sp³-hybridized carbons (Fsp3) is 0.600. The Bertz CT molecular complexity index is 504. The highest BCUT2D eigenvalue weighted by molar-refractivity contribution is 7.09. The lowest BCUT2D eigenvalue weighted by molar-refractivity contribution is -0.136. The van der Waals surface area contributed by atoms with Crippen LogP contribution in [-0.4, -0.2) is 66.1 Å². The number of aliphatic hydroxyl groups excluding tert-OH is 1. The number of hydrogen-bond donors (Lipinski definition) is 2. The van der Waals surface area contributed by atoms with E-state index in [2.05, 4.69) is 5.32 Å². The Balaban J connectivity index is 1.88. The number of nitrogens with one attached hydrogen (secondary N) is 1. The van der Waals surface area contributed by atoms with Crippen molar-refractivity contribution in [3.05, 3.63) is 22.4 Å². The quantitative estimate of drug-likeness (QED) is 0.755. The van der Waals surface area contributed by atoms with Crippen molar-refractivity contribution >= 4 is 23.2 Å². The molecule has 1 aromatic heterocycles. The van der Waals surface area contributed by atoms with Crippen molar-refractivity contribution in [2.75, 3.05) is 27.2 Å². The van der Waals surface area contributed by atoms with Gasteiger partial charge in [-0.15, -0.1) is 11.3 Å². The number of thiophene rings is 1. The van der Waals surface area contributed by atoms with Crippen LogP contribution in [-0.2, 0) is 16.1 Å². The average molecular weight is 325 g/mol. The van der Waals surface area contributed by atoms with Gasteiger partial charge in [0.25, 0.3) is 0 Å². The van der Waals surface area contributed by atoms with Crippen LogP contribution in [0, 0.1) is 0 Å². The van der Waals surface area contributed by atoms with Crippen molar-refractivity contribution < 1.29 is 14.7 Å². The maximum absolute atomic E-state index is 12.3. The number of carbonyl (C=O) groups is 2. The third kappa shape index (κ3) is 4.53. The fourth-order valence-corrected chi connectivity index (χ4v) is 3.30. The molecule has 0 aliphatic carbocycles. The van der Waals surface area contributed by atoms with Crippen LogP contribution in [0.5, 0.6) is 0 Å². The summed E-state index contributed by atoms with van der Waals surface area (Å²) in [5.74, 6) is -0.164. The van der Waals surface area contributed by atoms with Crippen molar-refractivity contribution in [2.45, 2.75) is 31.5 Å². The molecule has 1 aliphatic rings. The van der Waals surface area contributed by atoms with Gasteiger partial charge in [0.1, 0.15) is 6.04 Å². The summed E-state index contributed by atoms with van der Waals surface area (Å²) in [6, 6.07) is 3.47. The van der Waals surface area contributed by atoms with E-state index in [1.807, 2.05) is 36.5 Å². The second kappa shape index (κ2) is 7.71. The average Bonchev–Trinajstić information content (AvgIpc) is 3.07. The summed E-state index contributed by atoms with van der Waals surface area (Å²) in [7, 11) is 3.73. The van der Waals surface area contributed by atoms with Gasteiger partial charge in [0, 0.05) is 24.4 Å². The molecule has 1 aliphatic heterocycles. The molecule has 2 rings (SSSR count). The van der Waals surface area contributed by atoms with Gasteiger partial charge in [0.2, 0.25) is 11.8 Å². The first-order valence-electron chi connectivity index (χ1n) is 7.39. The van der Waals surface area contributed by atoms with Crippen molar-refractivity contribution in [2.24, 2.45) is 0 Å². The summed E-state index contributed by atoms with van der Waals surface area (Å²) in [6.45, 7) is 1.17. The van der Waals surface area contributed by atoms with E-state index in [-0.39, 0.29) is 18.4 Å². The molecule has 22 heavy (non-hydrogen) atoms. The lowest BCUT2D eigenvalue weighted by Crippen LogP contribution is -2.47. The summed E-state index contributed by atoms with van der Waals surface area (Å²) in [4.78, 5) is 28.9. The molecule has 2 N–H and O–H groups in total. The molecule has 2 amide bonds. The van der Waals surface area contributed by atoms with Gasteiger partial charge in [-0.3, -0.25) is 9.59 Å². The fourth-order valence-electron chi connectivity index (χ4n) is 2.60. The molecule has 0 radical (unpaired) electrons. The van der Waals surface area contributed by atoms with Gasteiger partial charge in [-0.05, 0) is 32.0 Å². The molecule has 0 spiro atoms. The number of carbonyl (C=O) groups excluding carboxylic acids is 2. The predicted octanol–water partition coefficient (Wildman–Crippen LogP) is 0.278. The zero-order valence-electron chi connectivity index (χ0n) is 13.0. The number of amides is 2. The van der Waals surface area contributed by atoms with E-state index in [0.717, 1.165) is 4.88 Å². The monoisotopic (exact) mass is 325 g/mol. The zero-order chi connectivity index (χ0) is 16.1. The van der Waals surface area contributed by atoms with Crippen LogP contribution in [0.25, 0.3) is 0 Å². The van der Waals surface area contributed by atoms with E-state index < -0.39 is 12.1 Å². The van der Waals surface area contributed by atoms with E-state index in [9.17, 15) is 14.7 Å². The van der Waals surface area contributed by atoms with Crippen LogP contribution in [0.3, 0.4) is 0 Å². The predicted molar refractivity (Wildman–Crippen MR) is 85.5 cm³/mol. The van der Waals surface area contributed by atoms with Crippen LogP contribution in [0.2, 0.25) is 0 Å². The highest BCUT2D eigenvalue weighted by atomic mass is 32.1. The molecule has 6 nitrogen and oxygen atoms in total. The molecular formula is C15H23N3O3S. The lowest BCUT2D eigenvalue weighted by Gasteiger charge is -2.24. The second-order valence-electron chi connectivity index (χ2n) is 5.82. The minimum Gasteiger partial charge on any atom is -0.390 e. The maximum atomic E-state index is 12.3. The number of nitrogens with zero attached hydrogens (tertiary/aromatic N) is 2. The van der Waals surface area contributed by atoms with Crippen LogP contribution in [0.1, 0.15) is 17.7 Å². The van der Waals surface area contributed by atoms with E-state index in [1.165, 1.54) is 0 Å². The molecule has 0 bridgehead atoms. The van der Waals surface area contributed by atoms with Crippen molar-refractivity contribution in [1.29, 1.82) is 0 Å². The molecule has 2 atom stereocenters. The highest BCUT2D eigenvalue weighted by Crippen LogP contribution is 2.23. The van der Waals surface area contributed by atoms with Gasteiger partial charge in [-0.25, -0.2) is 0 Å². The smallest absolute Gasteiger partial charge is 0.242 e. The summed E-state index contributed by atoms with van der Waals surface area (Å²) in [5, 5.41) is 14.5. The Hall–Kier alpha value is -1.44. The Morgan fingerprint density at radius 2 is 2.36 bits per heavy atom. The first-order chi connectivity index (χ1) is 10.5. The highest BCUT2D eigenvalue weighted by Gasteiger charge is 2.36. The summed E-state index contributed by atoms with van der Waals surface area (Å²) >= 11 is 1.58. The van der Waals surface area contributed by atoms with Crippen LogP contribution in [0.15, 0.2) is 17.5 Å². The Labute approximate surface area is 134 Å². The molecular weight excluding hydrogens is 302 g/mol. The third-order valence-corrected chi connectivity index (χ3v) is 4.49. The topological polar surface area (TPSA) is 72.9 Å². The maximum Gasteiger partial charge on any atom is 0.242 e. The van der Waals surface area contributed by atoms with Crippen LogP contribution >= 0.6 is 11.3 Å². The minimum atomic E-state index is -0.609. The Kier molecular flexibility index (Phi) is 5.93.